The van der Waals surface area contributed by atoms with Gasteiger partial charge in [-0.25, -0.2) is 9.48 Å². The lowest BCUT2D eigenvalue weighted by Gasteiger charge is -2.28. The zero-order valence-electron chi connectivity index (χ0n) is 19.6. The van der Waals surface area contributed by atoms with Gasteiger partial charge in [-0.1, -0.05) is 37.7 Å². The van der Waals surface area contributed by atoms with Gasteiger partial charge >= 0.3 is 11.9 Å². The molecule has 178 valence electrons. The van der Waals surface area contributed by atoms with E-state index in [0.717, 1.165) is 17.7 Å². The number of aromatic nitrogens is 3. The summed E-state index contributed by atoms with van der Waals surface area (Å²) in [6.07, 6.45) is 0.972. The van der Waals surface area contributed by atoms with Crippen LogP contribution in [0.4, 0.5) is 5.95 Å². The third-order valence-corrected chi connectivity index (χ3v) is 5.85. The molecular formula is C23H30N4O5S. The van der Waals surface area contributed by atoms with Gasteiger partial charge in [0.15, 0.2) is 0 Å². The van der Waals surface area contributed by atoms with Crippen LogP contribution in [0.1, 0.15) is 45.7 Å². The van der Waals surface area contributed by atoms with Crippen LogP contribution in [0.2, 0.25) is 0 Å². The lowest BCUT2D eigenvalue weighted by atomic mass is 9.96. The van der Waals surface area contributed by atoms with Crippen molar-refractivity contribution >= 4 is 29.6 Å². The Bertz CT molecular complexity index is 1020. The number of methoxy groups -OCH3 is 1. The summed E-state index contributed by atoms with van der Waals surface area (Å²) in [5, 5.41) is 8.10. The minimum Gasteiger partial charge on any atom is -0.494 e. The number of hydrogen-bond acceptors (Lipinski definition) is 9. The summed E-state index contributed by atoms with van der Waals surface area (Å²) in [6.45, 7) is 8.79. The summed E-state index contributed by atoms with van der Waals surface area (Å²) < 4.78 is 17.5. The second kappa shape index (κ2) is 11.2. The molecule has 1 aliphatic heterocycles. The van der Waals surface area contributed by atoms with Gasteiger partial charge in [0.25, 0.3) is 0 Å². The first-order chi connectivity index (χ1) is 15.8. The van der Waals surface area contributed by atoms with Crippen molar-refractivity contribution in [2.24, 2.45) is 5.92 Å². The van der Waals surface area contributed by atoms with Crippen LogP contribution in [0.15, 0.2) is 40.7 Å². The molecule has 0 saturated heterocycles. The Balaban J connectivity index is 1.92. The molecule has 2 aromatic rings. The minimum atomic E-state index is -0.537. The number of hydrogen-bond donors (Lipinski definition) is 1. The molecule has 0 amide bonds. The normalized spacial score (nSPS) is 15.2. The van der Waals surface area contributed by atoms with Crippen LogP contribution in [0.5, 0.6) is 5.75 Å². The number of anilines is 1. The monoisotopic (exact) mass is 474 g/mol. The van der Waals surface area contributed by atoms with Crippen LogP contribution >= 0.6 is 11.8 Å². The fraction of sp³-hybridized carbons (Fsp3) is 0.478. The molecule has 0 spiro atoms. The molecule has 10 heteroatoms. The number of carbonyl (C=O) groups excluding carboxylic acids is 2. The van der Waals surface area contributed by atoms with Crippen molar-refractivity contribution in [3.05, 3.63) is 41.1 Å². The molecular weight excluding hydrogens is 444 g/mol. The number of nitrogens with zero attached hydrogens (tertiary/aromatic N) is 3. The van der Waals surface area contributed by atoms with Crippen molar-refractivity contribution in [2.45, 2.75) is 45.3 Å². The Kier molecular flexibility index (Phi) is 8.37. The van der Waals surface area contributed by atoms with E-state index in [1.54, 1.807) is 11.6 Å². The van der Waals surface area contributed by atoms with E-state index in [1.807, 2.05) is 31.2 Å². The average Bonchev–Trinajstić information content (AvgIpc) is 3.19. The third-order valence-electron chi connectivity index (χ3n) is 5.04. The Morgan fingerprint density at radius 3 is 2.61 bits per heavy atom. The van der Waals surface area contributed by atoms with Crippen LogP contribution in [-0.2, 0) is 19.1 Å². The van der Waals surface area contributed by atoms with Crippen molar-refractivity contribution in [2.75, 3.05) is 31.4 Å². The lowest BCUT2D eigenvalue weighted by molar-refractivity contribution is -0.139. The first-order valence-corrected chi connectivity index (χ1v) is 11.9. The van der Waals surface area contributed by atoms with Crippen LogP contribution < -0.4 is 10.1 Å². The van der Waals surface area contributed by atoms with E-state index in [0.29, 0.717) is 34.9 Å². The molecule has 1 aromatic heterocycles. The number of fused-ring (bicyclic) bond motifs is 1. The van der Waals surface area contributed by atoms with E-state index in [1.165, 1.54) is 18.9 Å². The molecule has 1 atom stereocenters. The number of ether oxygens (including phenoxy) is 3. The molecule has 0 aliphatic carbocycles. The van der Waals surface area contributed by atoms with Gasteiger partial charge in [0.1, 0.15) is 11.8 Å². The summed E-state index contributed by atoms with van der Waals surface area (Å²) >= 11 is 1.17. The van der Waals surface area contributed by atoms with Crippen LogP contribution in [0.3, 0.4) is 0 Å². The highest BCUT2D eigenvalue weighted by Crippen LogP contribution is 2.37. The van der Waals surface area contributed by atoms with E-state index >= 15 is 0 Å². The van der Waals surface area contributed by atoms with E-state index in [2.05, 4.69) is 34.0 Å². The maximum Gasteiger partial charge on any atom is 0.338 e. The molecule has 1 aromatic carbocycles. The van der Waals surface area contributed by atoms with Crippen molar-refractivity contribution < 1.29 is 23.8 Å². The molecule has 3 rings (SSSR count). The highest BCUT2D eigenvalue weighted by Gasteiger charge is 2.35. The Hall–Kier alpha value is -3.01. The number of allylic oxidation sites excluding steroid dienone is 1. The zero-order chi connectivity index (χ0) is 24.0. The molecule has 9 nitrogen and oxygen atoms in total. The number of thioether (sulfide) groups is 1. The van der Waals surface area contributed by atoms with Crippen LogP contribution in [0, 0.1) is 5.92 Å². The quantitative estimate of drug-likeness (QED) is 0.406. The molecule has 0 unspecified atom stereocenters. The number of esters is 2. The molecule has 1 aliphatic rings. The second-order valence-corrected chi connectivity index (χ2v) is 8.86. The Morgan fingerprint density at radius 2 is 1.97 bits per heavy atom. The Morgan fingerprint density at radius 1 is 1.24 bits per heavy atom. The molecule has 2 heterocycles. The number of carbonyl (C=O) groups is 2. The van der Waals surface area contributed by atoms with Gasteiger partial charge in [-0.15, -0.1) is 5.10 Å². The topological polar surface area (TPSA) is 105 Å². The zero-order valence-corrected chi connectivity index (χ0v) is 20.4. The minimum absolute atomic E-state index is 0.0875. The third kappa shape index (κ3) is 6.07. The van der Waals surface area contributed by atoms with E-state index in [9.17, 15) is 9.59 Å². The lowest BCUT2D eigenvalue weighted by Crippen LogP contribution is -2.29. The summed E-state index contributed by atoms with van der Waals surface area (Å²) in [7, 11) is 1.33. The summed E-state index contributed by atoms with van der Waals surface area (Å²) in [5.74, 6) is 1.11. The molecule has 1 N–H and O–H groups in total. The van der Waals surface area contributed by atoms with Gasteiger partial charge in [-0.05, 0) is 43.9 Å². The maximum absolute atomic E-state index is 12.9. The predicted molar refractivity (Wildman–Crippen MR) is 125 cm³/mol. The Labute approximate surface area is 197 Å². The highest BCUT2D eigenvalue weighted by atomic mass is 32.2. The highest BCUT2D eigenvalue weighted by molar-refractivity contribution is 7.99. The second-order valence-electron chi connectivity index (χ2n) is 7.91. The van der Waals surface area contributed by atoms with E-state index < -0.39 is 12.0 Å². The van der Waals surface area contributed by atoms with Crippen molar-refractivity contribution in [1.82, 2.24) is 14.8 Å². The standard InChI is InChI=1S/C23H30N4O5S/c1-6-31-21(29)19-15(4)24-22-25-23(33-13-18(28)30-5)26-27(22)20(19)16-7-9-17(10-8-16)32-12-11-14(2)3/h7-10,14,20H,6,11-13H2,1-5H3,(H,24,25,26)/t20-/m1/s1. The van der Waals surface area contributed by atoms with Gasteiger partial charge < -0.3 is 19.5 Å². The molecule has 0 saturated carbocycles. The van der Waals surface area contributed by atoms with Gasteiger partial charge in [-0.3, -0.25) is 4.79 Å². The van der Waals surface area contributed by atoms with Gasteiger partial charge in [0.2, 0.25) is 11.1 Å². The molecule has 33 heavy (non-hydrogen) atoms. The van der Waals surface area contributed by atoms with Gasteiger partial charge in [0, 0.05) is 5.70 Å². The van der Waals surface area contributed by atoms with Gasteiger partial charge in [0.05, 0.1) is 31.6 Å². The van der Waals surface area contributed by atoms with Gasteiger partial charge in [-0.2, -0.15) is 4.98 Å². The average molecular weight is 475 g/mol. The van der Waals surface area contributed by atoms with Crippen LogP contribution in [-0.4, -0.2) is 52.8 Å². The van der Waals surface area contributed by atoms with Crippen molar-refractivity contribution in [1.29, 1.82) is 0 Å². The fourth-order valence-electron chi connectivity index (χ4n) is 3.32. The summed E-state index contributed by atoms with van der Waals surface area (Å²) in [5.41, 5.74) is 1.93. The summed E-state index contributed by atoms with van der Waals surface area (Å²) in [6, 6.07) is 7.07. The SMILES string of the molecule is CCOC(=O)C1=C(C)Nc2nc(SCC(=O)OC)nn2[C@@H]1c1ccc(OCCC(C)C)cc1. The number of nitrogens with one attached hydrogen (secondary N) is 1. The van der Waals surface area contributed by atoms with Crippen LogP contribution in [0.25, 0.3) is 0 Å². The number of benzene rings is 1. The predicted octanol–water partition coefficient (Wildman–Crippen LogP) is 3.82. The first kappa shape index (κ1) is 24.6. The molecule has 0 bridgehead atoms. The number of rotatable bonds is 10. The van der Waals surface area contributed by atoms with E-state index in [-0.39, 0.29) is 18.3 Å². The first-order valence-electron chi connectivity index (χ1n) is 10.9. The van der Waals surface area contributed by atoms with Crippen molar-refractivity contribution in [3.8, 4) is 5.75 Å². The molecule has 0 fully saturated rings. The smallest absolute Gasteiger partial charge is 0.338 e. The van der Waals surface area contributed by atoms with Crippen molar-refractivity contribution in [3.63, 3.8) is 0 Å². The fourth-order valence-corrected chi connectivity index (χ4v) is 3.98. The van der Waals surface area contributed by atoms with E-state index in [4.69, 9.17) is 9.47 Å². The summed E-state index contributed by atoms with van der Waals surface area (Å²) in [4.78, 5) is 28.9. The largest absolute Gasteiger partial charge is 0.494 e. The molecule has 0 radical (unpaired) electrons. The maximum atomic E-state index is 12.9.